The Morgan fingerprint density at radius 3 is 2.61 bits per heavy atom. The molecule has 0 aliphatic carbocycles. The van der Waals surface area contributed by atoms with E-state index < -0.39 is 15.9 Å². The zero-order valence-electron chi connectivity index (χ0n) is 12.2. The third-order valence-corrected chi connectivity index (χ3v) is 4.27. The minimum absolute atomic E-state index is 0.0510. The van der Waals surface area contributed by atoms with Crippen LogP contribution >= 0.6 is 11.6 Å². The number of rotatable bonds is 6. The molecule has 0 aromatic heterocycles. The monoisotopic (exact) mass is 354 g/mol. The lowest BCUT2D eigenvalue weighted by molar-refractivity contribution is -0.123. The van der Waals surface area contributed by atoms with E-state index in [-0.39, 0.29) is 16.5 Å². The van der Waals surface area contributed by atoms with E-state index in [1.165, 1.54) is 18.2 Å². The minimum atomic E-state index is -3.89. The second kappa shape index (κ2) is 7.45. The SMILES string of the molecule is Cc1cccc(OCC(=O)NNS(=O)(=O)c2cccc(Cl)c2)c1. The summed E-state index contributed by atoms with van der Waals surface area (Å²) >= 11 is 5.74. The molecular weight excluding hydrogens is 340 g/mol. The Morgan fingerprint density at radius 2 is 1.91 bits per heavy atom. The van der Waals surface area contributed by atoms with Gasteiger partial charge in [-0.05, 0) is 42.8 Å². The number of amides is 1. The van der Waals surface area contributed by atoms with Gasteiger partial charge >= 0.3 is 0 Å². The smallest absolute Gasteiger partial charge is 0.272 e. The van der Waals surface area contributed by atoms with Crippen molar-refractivity contribution in [1.29, 1.82) is 0 Å². The average Bonchev–Trinajstić information content (AvgIpc) is 2.51. The molecule has 6 nitrogen and oxygen atoms in total. The highest BCUT2D eigenvalue weighted by atomic mass is 35.5. The number of ether oxygens (including phenoxy) is 1. The minimum Gasteiger partial charge on any atom is -0.484 e. The molecule has 0 unspecified atom stereocenters. The topological polar surface area (TPSA) is 84.5 Å². The molecular formula is C15H15ClN2O4S. The lowest BCUT2D eigenvalue weighted by Gasteiger charge is -2.10. The number of halogens is 1. The van der Waals surface area contributed by atoms with Crippen LogP contribution in [0.1, 0.15) is 5.56 Å². The molecule has 0 radical (unpaired) electrons. The van der Waals surface area contributed by atoms with E-state index in [1.807, 2.05) is 17.8 Å². The molecule has 0 heterocycles. The average molecular weight is 355 g/mol. The zero-order chi connectivity index (χ0) is 16.9. The maximum Gasteiger partial charge on any atom is 0.272 e. The molecule has 2 aromatic carbocycles. The molecule has 23 heavy (non-hydrogen) atoms. The maximum absolute atomic E-state index is 12.0. The molecule has 0 bridgehead atoms. The van der Waals surface area contributed by atoms with Crippen LogP contribution in [0.4, 0.5) is 0 Å². The largest absolute Gasteiger partial charge is 0.484 e. The van der Waals surface area contributed by atoms with Crippen molar-refractivity contribution in [3.05, 3.63) is 59.1 Å². The summed E-state index contributed by atoms with van der Waals surface area (Å²) in [6, 6.07) is 12.9. The Balaban J connectivity index is 1.88. The Kier molecular flexibility index (Phi) is 5.59. The van der Waals surface area contributed by atoms with Gasteiger partial charge in [0, 0.05) is 5.02 Å². The summed E-state index contributed by atoms with van der Waals surface area (Å²) in [7, 11) is -3.89. The molecule has 8 heteroatoms. The molecule has 0 aliphatic heterocycles. The highest BCUT2D eigenvalue weighted by Gasteiger charge is 2.15. The van der Waals surface area contributed by atoms with Crippen LogP contribution < -0.4 is 15.0 Å². The zero-order valence-corrected chi connectivity index (χ0v) is 13.8. The number of nitrogens with one attached hydrogen (secondary N) is 2. The van der Waals surface area contributed by atoms with E-state index in [9.17, 15) is 13.2 Å². The molecule has 0 saturated carbocycles. The first kappa shape index (κ1) is 17.3. The van der Waals surface area contributed by atoms with Gasteiger partial charge in [-0.1, -0.05) is 29.8 Å². The highest BCUT2D eigenvalue weighted by molar-refractivity contribution is 7.89. The second-order valence-electron chi connectivity index (χ2n) is 4.72. The number of aryl methyl sites for hydroxylation is 1. The molecule has 0 fully saturated rings. The Hall–Kier alpha value is -2.09. The van der Waals surface area contributed by atoms with Crippen molar-refractivity contribution in [2.45, 2.75) is 11.8 Å². The Morgan fingerprint density at radius 1 is 1.17 bits per heavy atom. The van der Waals surface area contributed by atoms with E-state index in [0.717, 1.165) is 5.56 Å². The van der Waals surface area contributed by atoms with E-state index in [2.05, 4.69) is 5.43 Å². The van der Waals surface area contributed by atoms with Crippen LogP contribution in [0.5, 0.6) is 5.75 Å². The summed E-state index contributed by atoms with van der Waals surface area (Å²) in [5.41, 5.74) is 3.07. The maximum atomic E-state index is 12.0. The first-order valence-electron chi connectivity index (χ1n) is 6.62. The number of carbonyl (C=O) groups excluding carboxylic acids is 1. The molecule has 1 amide bonds. The first-order valence-corrected chi connectivity index (χ1v) is 8.48. The third-order valence-electron chi connectivity index (χ3n) is 2.79. The van der Waals surface area contributed by atoms with Crippen molar-refractivity contribution < 1.29 is 17.9 Å². The molecule has 0 spiro atoms. The summed E-state index contributed by atoms with van der Waals surface area (Å²) in [4.78, 5) is 13.6. The Labute approximate surface area is 139 Å². The van der Waals surface area contributed by atoms with Crippen molar-refractivity contribution >= 4 is 27.5 Å². The number of hydrogen-bond donors (Lipinski definition) is 2. The lowest BCUT2D eigenvalue weighted by Crippen LogP contribution is -2.43. The van der Waals surface area contributed by atoms with Crippen LogP contribution in [0.15, 0.2) is 53.4 Å². The van der Waals surface area contributed by atoms with Crippen molar-refractivity contribution in [1.82, 2.24) is 10.3 Å². The molecule has 2 rings (SSSR count). The summed E-state index contributed by atoms with van der Waals surface area (Å²) in [6.07, 6.45) is 0. The van der Waals surface area contributed by atoms with Gasteiger partial charge in [-0.2, -0.15) is 0 Å². The van der Waals surface area contributed by atoms with Gasteiger partial charge in [-0.3, -0.25) is 10.2 Å². The van der Waals surface area contributed by atoms with Gasteiger partial charge in [-0.15, -0.1) is 4.83 Å². The van der Waals surface area contributed by atoms with Gasteiger partial charge in [0.1, 0.15) is 5.75 Å². The van der Waals surface area contributed by atoms with Crippen LogP contribution in [0.3, 0.4) is 0 Å². The predicted molar refractivity (Wildman–Crippen MR) is 86.6 cm³/mol. The normalized spacial score (nSPS) is 11.0. The van der Waals surface area contributed by atoms with Gasteiger partial charge < -0.3 is 4.74 Å². The van der Waals surface area contributed by atoms with Gasteiger partial charge in [-0.25, -0.2) is 8.42 Å². The van der Waals surface area contributed by atoms with Gasteiger partial charge in [0.15, 0.2) is 6.61 Å². The van der Waals surface area contributed by atoms with Crippen LogP contribution in [-0.2, 0) is 14.8 Å². The molecule has 0 atom stereocenters. The number of benzene rings is 2. The number of hydrogen-bond acceptors (Lipinski definition) is 4. The van der Waals surface area contributed by atoms with E-state index >= 15 is 0 Å². The van der Waals surface area contributed by atoms with Crippen LogP contribution in [0.2, 0.25) is 5.02 Å². The standard InChI is InChI=1S/C15H15ClN2O4S/c1-11-4-2-6-13(8-11)22-10-15(19)17-18-23(20,21)14-7-3-5-12(16)9-14/h2-9,18H,10H2,1H3,(H,17,19). The fourth-order valence-corrected chi connectivity index (χ4v) is 2.87. The number of hydrazine groups is 1. The summed E-state index contributed by atoms with van der Waals surface area (Å²) in [5.74, 6) is -0.102. The fraction of sp³-hybridized carbons (Fsp3) is 0.133. The van der Waals surface area contributed by atoms with Crippen molar-refractivity contribution in [3.63, 3.8) is 0 Å². The highest BCUT2D eigenvalue weighted by Crippen LogP contribution is 2.15. The summed E-state index contributed by atoms with van der Waals surface area (Å²) < 4.78 is 29.2. The van der Waals surface area contributed by atoms with Crippen LogP contribution in [0.25, 0.3) is 0 Å². The van der Waals surface area contributed by atoms with Crippen LogP contribution in [-0.4, -0.2) is 20.9 Å². The molecule has 2 N–H and O–H groups in total. The molecule has 2 aromatic rings. The van der Waals surface area contributed by atoms with E-state index in [4.69, 9.17) is 16.3 Å². The quantitative estimate of drug-likeness (QED) is 0.777. The van der Waals surface area contributed by atoms with E-state index in [1.54, 1.807) is 24.3 Å². The molecule has 0 aliphatic rings. The summed E-state index contributed by atoms with van der Waals surface area (Å²) in [5, 5.41) is 0.280. The summed E-state index contributed by atoms with van der Waals surface area (Å²) in [6.45, 7) is 1.58. The first-order chi connectivity index (χ1) is 10.9. The third kappa shape index (κ3) is 5.24. The Bertz CT molecular complexity index is 809. The molecule has 122 valence electrons. The van der Waals surface area contributed by atoms with Crippen molar-refractivity contribution in [2.75, 3.05) is 6.61 Å². The fourth-order valence-electron chi connectivity index (χ4n) is 1.71. The van der Waals surface area contributed by atoms with Gasteiger partial charge in [0.25, 0.3) is 15.9 Å². The second-order valence-corrected chi connectivity index (χ2v) is 6.84. The van der Waals surface area contributed by atoms with Crippen LogP contribution in [0, 0.1) is 6.92 Å². The number of carbonyl (C=O) groups is 1. The van der Waals surface area contributed by atoms with Crippen molar-refractivity contribution in [2.24, 2.45) is 0 Å². The van der Waals surface area contributed by atoms with Gasteiger partial charge in [0.2, 0.25) is 0 Å². The van der Waals surface area contributed by atoms with E-state index in [0.29, 0.717) is 5.75 Å². The predicted octanol–water partition coefficient (Wildman–Crippen LogP) is 2.04. The number of sulfonamides is 1. The van der Waals surface area contributed by atoms with Crippen molar-refractivity contribution in [3.8, 4) is 5.75 Å². The van der Waals surface area contributed by atoms with Gasteiger partial charge in [0.05, 0.1) is 4.90 Å². The lowest BCUT2D eigenvalue weighted by atomic mass is 10.2. The molecule has 0 saturated heterocycles.